The van der Waals surface area contributed by atoms with E-state index in [0.29, 0.717) is 39.6 Å². The number of phenols is 1. The molecule has 4 aromatic carbocycles. The Balaban J connectivity index is 1.53. The highest BCUT2D eigenvalue weighted by Crippen LogP contribution is 2.29. The van der Waals surface area contributed by atoms with Gasteiger partial charge in [-0.1, -0.05) is 37.3 Å². The Labute approximate surface area is 264 Å². The van der Waals surface area contributed by atoms with Gasteiger partial charge < -0.3 is 30.9 Å². The topological polar surface area (TPSA) is 154 Å². The Hall–Kier alpha value is -5.55. The molecular formula is C34H31N3O7S. The Morgan fingerprint density at radius 1 is 0.844 bits per heavy atom. The van der Waals surface area contributed by atoms with Crippen molar-refractivity contribution in [1.82, 2.24) is 5.32 Å². The Bertz CT molecular complexity index is 1740. The average molecular weight is 626 g/mol. The van der Waals surface area contributed by atoms with Crippen molar-refractivity contribution in [1.29, 1.82) is 0 Å². The van der Waals surface area contributed by atoms with Gasteiger partial charge in [-0.3, -0.25) is 14.4 Å². The summed E-state index contributed by atoms with van der Waals surface area (Å²) in [5.74, 6) is -2.22. The van der Waals surface area contributed by atoms with Crippen molar-refractivity contribution < 1.29 is 34.1 Å². The molecule has 4 aromatic rings. The minimum Gasteiger partial charge on any atom is -0.508 e. The van der Waals surface area contributed by atoms with Gasteiger partial charge in [0.1, 0.15) is 17.2 Å². The Morgan fingerprint density at radius 3 is 2.22 bits per heavy atom. The fraction of sp³-hybridized carbons (Fsp3) is 0.118. The summed E-state index contributed by atoms with van der Waals surface area (Å²) in [6.07, 6.45) is 1.93. The third kappa shape index (κ3) is 8.97. The van der Waals surface area contributed by atoms with Gasteiger partial charge in [0, 0.05) is 33.5 Å². The Morgan fingerprint density at radius 2 is 1.53 bits per heavy atom. The summed E-state index contributed by atoms with van der Waals surface area (Å²) in [6.45, 7) is 1.86. The van der Waals surface area contributed by atoms with E-state index in [2.05, 4.69) is 16.0 Å². The van der Waals surface area contributed by atoms with E-state index in [-0.39, 0.29) is 22.9 Å². The third-order valence-electron chi connectivity index (χ3n) is 6.46. The number of anilines is 2. The molecular weight excluding hydrogens is 594 g/mol. The molecule has 0 saturated carbocycles. The molecule has 0 bridgehead atoms. The van der Waals surface area contributed by atoms with E-state index in [0.717, 1.165) is 0 Å². The van der Waals surface area contributed by atoms with Crippen LogP contribution >= 0.6 is 11.8 Å². The van der Waals surface area contributed by atoms with Crippen LogP contribution < -0.4 is 20.7 Å². The number of benzene rings is 4. The molecule has 1 atom stereocenters. The fourth-order valence-electron chi connectivity index (χ4n) is 4.20. The zero-order chi connectivity index (χ0) is 32.3. The third-order valence-corrected chi connectivity index (χ3v) is 7.81. The molecule has 0 fully saturated rings. The SMILES string of the molecule is CCC(Sc1cccc(NC(=O)/C(=C\c2ccc(O)cc2OC)NC(=O)c2ccccc2)c1)C(=O)Nc1cccc(C(=O)O)c1. The van der Waals surface area contributed by atoms with Gasteiger partial charge in [0.05, 0.1) is 17.9 Å². The minimum absolute atomic E-state index is 0.0227. The van der Waals surface area contributed by atoms with Gasteiger partial charge in [-0.2, -0.15) is 0 Å². The quantitative estimate of drug-likeness (QED) is 0.0947. The number of carboxylic acid groups (broad SMARTS) is 1. The van der Waals surface area contributed by atoms with E-state index < -0.39 is 23.0 Å². The lowest BCUT2D eigenvalue weighted by atomic mass is 10.1. The molecule has 5 N–H and O–H groups in total. The van der Waals surface area contributed by atoms with Gasteiger partial charge in [-0.05, 0) is 73.2 Å². The first-order valence-electron chi connectivity index (χ1n) is 13.8. The van der Waals surface area contributed by atoms with Crippen molar-refractivity contribution in [3.63, 3.8) is 0 Å². The largest absolute Gasteiger partial charge is 0.508 e. The number of amides is 3. The van der Waals surface area contributed by atoms with Crippen LogP contribution in [0.4, 0.5) is 11.4 Å². The van der Waals surface area contributed by atoms with Crippen LogP contribution in [0, 0.1) is 0 Å². The molecule has 230 valence electrons. The first-order valence-corrected chi connectivity index (χ1v) is 14.7. The number of aromatic hydroxyl groups is 1. The number of thioether (sulfide) groups is 1. The molecule has 0 spiro atoms. The van der Waals surface area contributed by atoms with E-state index in [1.165, 1.54) is 49.2 Å². The van der Waals surface area contributed by atoms with Crippen LogP contribution in [0.3, 0.4) is 0 Å². The van der Waals surface area contributed by atoms with E-state index in [9.17, 15) is 29.4 Å². The van der Waals surface area contributed by atoms with Crippen molar-refractivity contribution in [2.45, 2.75) is 23.5 Å². The lowest BCUT2D eigenvalue weighted by Crippen LogP contribution is -2.30. The summed E-state index contributed by atoms with van der Waals surface area (Å²) in [5.41, 5.74) is 1.60. The summed E-state index contributed by atoms with van der Waals surface area (Å²) >= 11 is 1.29. The summed E-state index contributed by atoms with van der Waals surface area (Å²) in [5, 5.41) is 26.8. The second-order valence-corrected chi connectivity index (χ2v) is 11.0. The molecule has 0 aliphatic rings. The molecule has 1 unspecified atom stereocenters. The minimum atomic E-state index is -1.09. The number of carboxylic acids is 1. The number of hydrogen-bond donors (Lipinski definition) is 5. The van der Waals surface area contributed by atoms with E-state index in [1.807, 2.05) is 6.92 Å². The molecule has 0 aliphatic heterocycles. The smallest absolute Gasteiger partial charge is 0.335 e. The number of methoxy groups -OCH3 is 1. The summed E-state index contributed by atoms with van der Waals surface area (Å²) in [6, 6.07) is 25.8. The standard InChI is InChI=1S/C34H31N3O7S/c1-3-30(33(41)36-24-12-7-11-23(17-24)34(42)43)45-27-14-8-13-25(19-27)35-32(40)28(37-31(39)21-9-5-4-6-10-21)18-22-15-16-26(38)20-29(22)44-2/h4-20,30,38H,3H2,1-2H3,(H,35,40)(H,36,41)(H,37,39)(H,42,43)/b28-18+. The van der Waals surface area contributed by atoms with E-state index in [1.54, 1.807) is 72.8 Å². The van der Waals surface area contributed by atoms with Gasteiger partial charge in [-0.15, -0.1) is 11.8 Å². The second-order valence-electron chi connectivity index (χ2n) is 9.68. The number of rotatable bonds is 12. The maximum absolute atomic E-state index is 13.5. The monoisotopic (exact) mass is 625 g/mol. The molecule has 11 heteroatoms. The van der Waals surface area contributed by atoms with Crippen molar-refractivity contribution in [3.8, 4) is 11.5 Å². The Kier molecular flexibility index (Phi) is 11.0. The molecule has 3 amide bonds. The van der Waals surface area contributed by atoms with Gasteiger partial charge in [0.15, 0.2) is 0 Å². The normalized spacial score (nSPS) is 11.6. The molecule has 0 aliphatic carbocycles. The molecule has 0 radical (unpaired) electrons. The van der Waals surface area contributed by atoms with E-state index >= 15 is 0 Å². The van der Waals surface area contributed by atoms with Crippen molar-refractivity contribution in [3.05, 3.63) is 119 Å². The van der Waals surface area contributed by atoms with Crippen LogP contribution in [0.25, 0.3) is 6.08 Å². The molecule has 0 aromatic heterocycles. The lowest BCUT2D eigenvalue weighted by molar-refractivity contribution is -0.116. The van der Waals surface area contributed by atoms with Crippen LogP contribution in [-0.2, 0) is 9.59 Å². The van der Waals surface area contributed by atoms with Crippen LogP contribution in [0.2, 0.25) is 0 Å². The maximum Gasteiger partial charge on any atom is 0.335 e. The number of ether oxygens (including phenoxy) is 1. The van der Waals surface area contributed by atoms with Gasteiger partial charge in [-0.25, -0.2) is 4.79 Å². The highest BCUT2D eigenvalue weighted by molar-refractivity contribution is 8.00. The summed E-state index contributed by atoms with van der Waals surface area (Å²) < 4.78 is 5.34. The first kappa shape index (κ1) is 32.4. The van der Waals surface area contributed by atoms with Gasteiger partial charge in [0.25, 0.3) is 11.8 Å². The number of carbonyl (C=O) groups excluding carboxylic acids is 3. The molecule has 0 saturated heterocycles. The predicted octanol–water partition coefficient (Wildman–Crippen LogP) is 6.02. The first-order chi connectivity index (χ1) is 21.7. The van der Waals surface area contributed by atoms with Gasteiger partial charge >= 0.3 is 5.97 Å². The highest BCUT2D eigenvalue weighted by atomic mass is 32.2. The number of nitrogens with one attached hydrogen (secondary N) is 3. The second kappa shape index (κ2) is 15.3. The molecule has 10 nitrogen and oxygen atoms in total. The van der Waals surface area contributed by atoms with Crippen molar-refractivity contribution in [2.75, 3.05) is 17.7 Å². The number of carbonyl (C=O) groups is 4. The zero-order valence-corrected chi connectivity index (χ0v) is 25.3. The fourth-order valence-corrected chi connectivity index (χ4v) is 5.22. The van der Waals surface area contributed by atoms with E-state index in [4.69, 9.17) is 4.74 Å². The zero-order valence-electron chi connectivity index (χ0n) is 24.4. The van der Waals surface area contributed by atoms with Crippen LogP contribution in [0.5, 0.6) is 11.5 Å². The number of phenolic OH excluding ortho intramolecular Hbond substituents is 1. The van der Waals surface area contributed by atoms with Crippen molar-refractivity contribution >= 4 is 52.9 Å². The van der Waals surface area contributed by atoms with Crippen molar-refractivity contribution in [2.24, 2.45) is 0 Å². The maximum atomic E-state index is 13.5. The molecule has 45 heavy (non-hydrogen) atoms. The summed E-state index contributed by atoms with van der Waals surface area (Å²) in [4.78, 5) is 51.5. The van der Waals surface area contributed by atoms with Crippen LogP contribution in [0.1, 0.15) is 39.6 Å². The van der Waals surface area contributed by atoms with Crippen LogP contribution in [-0.4, -0.2) is 46.3 Å². The number of aromatic carboxylic acids is 1. The van der Waals surface area contributed by atoms with Crippen LogP contribution in [0.15, 0.2) is 108 Å². The van der Waals surface area contributed by atoms with Gasteiger partial charge in [0.2, 0.25) is 5.91 Å². The number of hydrogen-bond acceptors (Lipinski definition) is 7. The predicted molar refractivity (Wildman–Crippen MR) is 174 cm³/mol. The average Bonchev–Trinajstić information content (AvgIpc) is 3.04. The lowest BCUT2D eigenvalue weighted by Gasteiger charge is -2.16. The molecule has 4 rings (SSSR count). The molecule has 0 heterocycles. The highest BCUT2D eigenvalue weighted by Gasteiger charge is 2.20. The summed E-state index contributed by atoms with van der Waals surface area (Å²) in [7, 11) is 1.43.